The van der Waals surface area contributed by atoms with Gasteiger partial charge in [-0.25, -0.2) is 0 Å². The number of fused-ring (bicyclic) bond motifs is 2. The molecule has 0 N–H and O–H groups in total. The van der Waals surface area contributed by atoms with E-state index in [1.54, 1.807) is 4.90 Å². The van der Waals surface area contributed by atoms with Gasteiger partial charge in [0.1, 0.15) is 5.92 Å². The van der Waals surface area contributed by atoms with Gasteiger partial charge in [0, 0.05) is 13.6 Å². The number of carbonyl (C=O) groups excluding carboxylic acids is 1. The molecule has 0 spiro atoms. The molecule has 3 heteroatoms. The van der Waals surface area contributed by atoms with E-state index < -0.39 is 5.92 Å². The summed E-state index contributed by atoms with van der Waals surface area (Å²) in [5, 5.41) is 9.37. The lowest BCUT2D eigenvalue weighted by Crippen LogP contribution is -2.36. The molecule has 21 heavy (non-hydrogen) atoms. The second-order valence-electron chi connectivity index (χ2n) is 6.63. The zero-order valence-electron chi connectivity index (χ0n) is 12.5. The first-order chi connectivity index (χ1) is 10.2. The quantitative estimate of drug-likeness (QED) is 0.851. The van der Waals surface area contributed by atoms with Crippen LogP contribution in [-0.4, -0.2) is 24.4 Å². The standard InChI is InChI=1S/C18H22N2O/c1-20(12-16-10-13-7-8-15(16)9-13)18(21)17(11-19)14-5-3-2-4-6-14/h2-6,13,15-17H,7-10,12H2,1H3. The summed E-state index contributed by atoms with van der Waals surface area (Å²) < 4.78 is 0. The van der Waals surface area contributed by atoms with Gasteiger partial charge in [0.25, 0.3) is 0 Å². The van der Waals surface area contributed by atoms with Crippen LogP contribution in [0.25, 0.3) is 0 Å². The first-order valence-electron chi connectivity index (χ1n) is 7.88. The average Bonchev–Trinajstić information content (AvgIpc) is 3.11. The molecule has 2 aliphatic rings. The Morgan fingerprint density at radius 2 is 2.10 bits per heavy atom. The van der Waals surface area contributed by atoms with E-state index >= 15 is 0 Å². The smallest absolute Gasteiger partial charge is 0.244 e. The lowest BCUT2D eigenvalue weighted by Gasteiger charge is -2.28. The summed E-state index contributed by atoms with van der Waals surface area (Å²) in [4.78, 5) is 14.4. The van der Waals surface area contributed by atoms with E-state index in [0.29, 0.717) is 5.92 Å². The number of carbonyl (C=O) groups is 1. The van der Waals surface area contributed by atoms with Gasteiger partial charge >= 0.3 is 0 Å². The van der Waals surface area contributed by atoms with Crippen molar-refractivity contribution in [2.75, 3.05) is 13.6 Å². The summed E-state index contributed by atoms with van der Waals surface area (Å²) in [6.07, 6.45) is 5.33. The number of hydrogen-bond donors (Lipinski definition) is 0. The average molecular weight is 282 g/mol. The first-order valence-corrected chi connectivity index (χ1v) is 7.88. The minimum Gasteiger partial charge on any atom is -0.344 e. The highest BCUT2D eigenvalue weighted by Gasteiger charge is 2.40. The molecule has 3 nitrogen and oxygen atoms in total. The fourth-order valence-corrected chi connectivity index (χ4v) is 4.18. The third-order valence-corrected chi connectivity index (χ3v) is 5.28. The maximum absolute atomic E-state index is 12.6. The van der Waals surface area contributed by atoms with Crippen molar-refractivity contribution in [3.8, 4) is 6.07 Å². The summed E-state index contributed by atoms with van der Waals surface area (Å²) in [5.74, 6) is 1.61. The molecule has 0 saturated heterocycles. The number of benzene rings is 1. The Bertz CT molecular complexity index is 548. The number of rotatable bonds is 4. The van der Waals surface area contributed by atoms with Crippen LogP contribution in [0.1, 0.15) is 37.2 Å². The van der Waals surface area contributed by atoms with Crippen LogP contribution >= 0.6 is 0 Å². The van der Waals surface area contributed by atoms with E-state index in [4.69, 9.17) is 0 Å². The number of likely N-dealkylation sites (N-methyl/N-ethyl adjacent to an activating group) is 1. The molecule has 2 fully saturated rings. The van der Waals surface area contributed by atoms with Crippen LogP contribution in [0.5, 0.6) is 0 Å². The SMILES string of the molecule is CN(CC1CC2CCC1C2)C(=O)C(C#N)c1ccccc1. The largest absolute Gasteiger partial charge is 0.344 e. The summed E-state index contributed by atoms with van der Waals surface area (Å²) in [6.45, 7) is 0.811. The minimum atomic E-state index is -0.671. The molecule has 1 aromatic carbocycles. The van der Waals surface area contributed by atoms with Crippen molar-refractivity contribution in [1.82, 2.24) is 4.90 Å². The molecule has 1 amide bonds. The molecule has 3 rings (SSSR count). The van der Waals surface area contributed by atoms with Crippen LogP contribution in [0.3, 0.4) is 0 Å². The third kappa shape index (κ3) is 2.81. The lowest BCUT2D eigenvalue weighted by molar-refractivity contribution is -0.131. The van der Waals surface area contributed by atoms with E-state index in [1.807, 2.05) is 37.4 Å². The van der Waals surface area contributed by atoms with E-state index in [0.717, 1.165) is 23.9 Å². The van der Waals surface area contributed by atoms with Crippen molar-refractivity contribution in [1.29, 1.82) is 5.26 Å². The Balaban J connectivity index is 1.65. The molecule has 4 atom stereocenters. The maximum Gasteiger partial charge on any atom is 0.244 e. The van der Waals surface area contributed by atoms with Crippen molar-refractivity contribution in [2.24, 2.45) is 17.8 Å². The van der Waals surface area contributed by atoms with Crippen LogP contribution in [0.2, 0.25) is 0 Å². The van der Waals surface area contributed by atoms with E-state index in [9.17, 15) is 10.1 Å². The van der Waals surface area contributed by atoms with Gasteiger partial charge in [0.05, 0.1) is 6.07 Å². The predicted molar refractivity (Wildman–Crippen MR) is 81.4 cm³/mol. The molecule has 0 aromatic heterocycles. The summed E-state index contributed by atoms with van der Waals surface area (Å²) in [5.41, 5.74) is 0.796. The zero-order chi connectivity index (χ0) is 14.8. The van der Waals surface area contributed by atoms with E-state index in [1.165, 1.54) is 25.7 Å². The monoisotopic (exact) mass is 282 g/mol. The Kier molecular flexibility index (Phi) is 3.96. The van der Waals surface area contributed by atoms with Crippen molar-refractivity contribution in [2.45, 2.75) is 31.6 Å². The molecule has 1 aromatic rings. The highest BCUT2D eigenvalue weighted by atomic mass is 16.2. The molecule has 2 bridgehead atoms. The van der Waals surface area contributed by atoms with Crippen molar-refractivity contribution in [3.63, 3.8) is 0 Å². The Labute approximate surface area is 126 Å². The molecule has 2 aliphatic carbocycles. The molecular formula is C18H22N2O. The Morgan fingerprint density at radius 1 is 1.33 bits per heavy atom. The maximum atomic E-state index is 12.6. The highest BCUT2D eigenvalue weighted by Crippen LogP contribution is 2.48. The second kappa shape index (κ2) is 5.89. The third-order valence-electron chi connectivity index (χ3n) is 5.28. The van der Waals surface area contributed by atoms with Crippen LogP contribution in [0.15, 0.2) is 30.3 Å². The molecule has 0 aliphatic heterocycles. The normalized spacial score (nSPS) is 28.1. The second-order valence-corrected chi connectivity index (χ2v) is 6.63. The fraction of sp³-hybridized carbons (Fsp3) is 0.556. The van der Waals surface area contributed by atoms with Gasteiger partial charge in [-0.1, -0.05) is 36.8 Å². The lowest BCUT2D eigenvalue weighted by atomic mass is 9.88. The fourth-order valence-electron chi connectivity index (χ4n) is 4.18. The molecule has 110 valence electrons. The van der Waals surface area contributed by atoms with Crippen molar-refractivity contribution >= 4 is 5.91 Å². The van der Waals surface area contributed by atoms with Gasteiger partial charge in [-0.05, 0) is 42.6 Å². The molecule has 2 saturated carbocycles. The van der Waals surface area contributed by atoms with Crippen LogP contribution in [-0.2, 0) is 4.79 Å². The van der Waals surface area contributed by atoms with Crippen LogP contribution < -0.4 is 0 Å². The molecular weight excluding hydrogens is 260 g/mol. The molecule has 4 unspecified atom stereocenters. The van der Waals surface area contributed by atoms with Crippen LogP contribution in [0.4, 0.5) is 0 Å². The van der Waals surface area contributed by atoms with Gasteiger partial charge in [0.2, 0.25) is 5.91 Å². The number of nitrogens with zero attached hydrogens (tertiary/aromatic N) is 2. The Morgan fingerprint density at radius 3 is 2.67 bits per heavy atom. The summed E-state index contributed by atoms with van der Waals surface area (Å²) in [6, 6.07) is 11.5. The first kappa shape index (κ1) is 14.1. The summed E-state index contributed by atoms with van der Waals surface area (Å²) >= 11 is 0. The Hall–Kier alpha value is -1.82. The predicted octanol–water partition coefficient (Wildman–Crippen LogP) is 3.19. The number of amides is 1. The topological polar surface area (TPSA) is 44.1 Å². The number of hydrogen-bond acceptors (Lipinski definition) is 2. The minimum absolute atomic E-state index is 0.0635. The van der Waals surface area contributed by atoms with Crippen molar-refractivity contribution in [3.05, 3.63) is 35.9 Å². The van der Waals surface area contributed by atoms with E-state index in [2.05, 4.69) is 6.07 Å². The summed E-state index contributed by atoms with van der Waals surface area (Å²) in [7, 11) is 1.85. The van der Waals surface area contributed by atoms with Gasteiger partial charge in [0.15, 0.2) is 0 Å². The highest BCUT2D eigenvalue weighted by molar-refractivity contribution is 5.86. The van der Waals surface area contributed by atoms with Gasteiger partial charge in [-0.3, -0.25) is 4.79 Å². The molecule has 0 heterocycles. The van der Waals surface area contributed by atoms with Crippen LogP contribution in [0, 0.1) is 29.1 Å². The van der Waals surface area contributed by atoms with Gasteiger partial charge < -0.3 is 4.90 Å². The number of nitriles is 1. The van der Waals surface area contributed by atoms with E-state index in [-0.39, 0.29) is 5.91 Å². The van der Waals surface area contributed by atoms with Crippen molar-refractivity contribution < 1.29 is 4.79 Å². The molecule has 0 radical (unpaired) electrons. The zero-order valence-corrected chi connectivity index (χ0v) is 12.5. The van der Waals surface area contributed by atoms with Gasteiger partial charge in [-0.15, -0.1) is 0 Å². The van der Waals surface area contributed by atoms with Gasteiger partial charge in [-0.2, -0.15) is 5.26 Å².